The molecule has 0 saturated heterocycles. The fourth-order valence-corrected chi connectivity index (χ4v) is 0.343. The van der Waals surface area contributed by atoms with E-state index >= 15 is 0 Å². The quantitative estimate of drug-likeness (QED) is 0.555. The number of hydrogen-bond acceptors (Lipinski definition) is 2. The maximum absolute atomic E-state index is 4.20. The van der Waals surface area contributed by atoms with Crippen molar-refractivity contribution in [3.05, 3.63) is 11.8 Å². The molecular weight excluding hydrogens is 136 g/mol. The molecule has 0 bridgehead atoms. The van der Waals surface area contributed by atoms with Crippen molar-refractivity contribution < 1.29 is 0 Å². The van der Waals surface area contributed by atoms with Crippen molar-refractivity contribution in [1.29, 1.82) is 0 Å². The molecule has 0 unspecified atom stereocenters. The highest BCUT2D eigenvalue weighted by atomic mass is 15.1. The number of hydrogen-bond donors (Lipinski definition) is 0. The third-order valence-electron chi connectivity index (χ3n) is 1.76. The van der Waals surface area contributed by atoms with Gasteiger partial charge in [-0.1, -0.05) is 13.0 Å². The molecule has 0 N–H and O–H groups in total. The predicted octanol–water partition coefficient (Wildman–Crippen LogP) is 3.55. The van der Waals surface area contributed by atoms with Gasteiger partial charge in [0.05, 0.1) is 11.2 Å². The van der Waals surface area contributed by atoms with Gasteiger partial charge in [0.15, 0.2) is 0 Å². The van der Waals surface area contributed by atoms with Crippen LogP contribution in [0.15, 0.2) is 22.0 Å². The van der Waals surface area contributed by atoms with Gasteiger partial charge >= 0.3 is 0 Å². The van der Waals surface area contributed by atoms with Gasteiger partial charge in [-0.15, -0.1) is 0 Å². The molecule has 0 fully saturated rings. The molecule has 0 aromatic heterocycles. The minimum absolute atomic E-state index is 0.00965. The first-order valence-electron chi connectivity index (χ1n) is 4.07. The molecule has 0 amide bonds. The highest BCUT2D eigenvalue weighted by Gasteiger charge is 2.12. The zero-order valence-electron chi connectivity index (χ0n) is 8.18. The third-order valence-corrected chi connectivity index (χ3v) is 1.76. The Hall–Kier alpha value is -0.660. The number of nitrogens with zero attached hydrogens (tertiary/aromatic N) is 2. The van der Waals surface area contributed by atoms with Gasteiger partial charge in [0.1, 0.15) is 0 Å². The SMILES string of the molecule is C/C=C(C)\N=N/C(C)(C)CC. The van der Waals surface area contributed by atoms with Gasteiger partial charge < -0.3 is 0 Å². The normalized spacial score (nSPS) is 14.5. The average molecular weight is 154 g/mol. The topological polar surface area (TPSA) is 24.7 Å². The van der Waals surface area contributed by atoms with Crippen molar-refractivity contribution in [3.8, 4) is 0 Å². The highest BCUT2D eigenvalue weighted by molar-refractivity contribution is 4.92. The summed E-state index contributed by atoms with van der Waals surface area (Å²) >= 11 is 0. The lowest BCUT2D eigenvalue weighted by Gasteiger charge is -2.13. The van der Waals surface area contributed by atoms with Crippen molar-refractivity contribution in [1.82, 2.24) is 0 Å². The van der Waals surface area contributed by atoms with E-state index < -0.39 is 0 Å². The third kappa shape index (κ3) is 4.71. The predicted molar refractivity (Wildman–Crippen MR) is 48.7 cm³/mol. The van der Waals surface area contributed by atoms with Crippen molar-refractivity contribution in [2.24, 2.45) is 10.2 Å². The van der Waals surface area contributed by atoms with E-state index in [4.69, 9.17) is 0 Å². The first kappa shape index (κ1) is 10.3. The van der Waals surface area contributed by atoms with Crippen LogP contribution in [0.5, 0.6) is 0 Å². The molecule has 64 valence electrons. The summed E-state index contributed by atoms with van der Waals surface area (Å²) in [5.41, 5.74) is 0.969. The minimum atomic E-state index is -0.00965. The average Bonchev–Trinajstić information content (AvgIpc) is 2.00. The maximum atomic E-state index is 4.20. The second kappa shape index (κ2) is 4.27. The van der Waals surface area contributed by atoms with Crippen LogP contribution in [0.3, 0.4) is 0 Å². The van der Waals surface area contributed by atoms with Crippen LogP contribution in [0.1, 0.15) is 41.0 Å². The summed E-state index contributed by atoms with van der Waals surface area (Å²) in [5, 5.41) is 8.27. The summed E-state index contributed by atoms with van der Waals surface area (Å²) in [5.74, 6) is 0. The fraction of sp³-hybridized carbons (Fsp3) is 0.778. The summed E-state index contributed by atoms with van der Waals surface area (Å²) in [6.45, 7) is 10.2. The highest BCUT2D eigenvalue weighted by Crippen LogP contribution is 2.14. The van der Waals surface area contributed by atoms with E-state index in [1.54, 1.807) is 0 Å². The molecule has 0 atom stereocenters. The van der Waals surface area contributed by atoms with Gasteiger partial charge in [0.25, 0.3) is 0 Å². The zero-order chi connectivity index (χ0) is 8.91. The molecule has 0 aliphatic carbocycles. The van der Waals surface area contributed by atoms with Gasteiger partial charge in [-0.2, -0.15) is 10.2 Å². The van der Waals surface area contributed by atoms with Crippen LogP contribution in [-0.2, 0) is 0 Å². The molecule has 0 aliphatic heterocycles. The van der Waals surface area contributed by atoms with Gasteiger partial charge in [0.2, 0.25) is 0 Å². The molecule has 0 saturated carbocycles. The number of allylic oxidation sites excluding steroid dienone is 2. The first-order valence-corrected chi connectivity index (χ1v) is 4.07. The first-order chi connectivity index (χ1) is 5.02. The van der Waals surface area contributed by atoms with E-state index in [-0.39, 0.29) is 5.54 Å². The van der Waals surface area contributed by atoms with Crippen LogP contribution in [0.25, 0.3) is 0 Å². The second-order valence-electron chi connectivity index (χ2n) is 3.30. The Balaban J connectivity index is 4.12. The molecule has 0 aromatic carbocycles. The lowest BCUT2D eigenvalue weighted by atomic mass is 10.0. The van der Waals surface area contributed by atoms with E-state index in [1.807, 2.05) is 19.9 Å². The summed E-state index contributed by atoms with van der Waals surface area (Å²) in [6, 6.07) is 0. The van der Waals surface area contributed by atoms with Crippen molar-refractivity contribution in [3.63, 3.8) is 0 Å². The van der Waals surface area contributed by atoms with Crippen molar-refractivity contribution in [2.45, 2.75) is 46.6 Å². The van der Waals surface area contributed by atoms with Crippen LogP contribution in [-0.4, -0.2) is 5.54 Å². The molecule has 0 radical (unpaired) electrons. The Morgan fingerprint density at radius 3 is 2.36 bits per heavy atom. The van der Waals surface area contributed by atoms with Gasteiger partial charge in [-0.3, -0.25) is 0 Å². The van der Waals surface area contributed by atoms with Gasteiger partial charge in [-0.05, 0) is 34.1 Å². The second-order valence-corrected chi connectivity index (χ2v) is 3.30. The molecule has 0 aliphatic rings. The fourth-order valence-electron chi connectivity index (χ4n) is 0.343. The summed E-state index contributed by atoms with van der Waals surface area (Å²) in [7, 11) is 0. The van der Waals surface area contributed by atoms with Crippen LogP contribution >= 0.6 is 0 Å². The standard InChI is InChI=1S/C9H18N2/c1-6-8(3)10-11-9(4,5)7-2/h6H,7H2,1-5H3/b8-6-,11-10-. The Morgan fingerprint density at radius 2 is 2.00 bits per heavy atom. The van der Waals surface area contributed by atoms with Crippen LogP contribution < -0.4 is 0 Å². The van der Waals surface area contributed by atoms with E-state index in [0.29, 0.717) is 0 Å². The lowest BCUT2D eigenvalue weighted by molar-refractivity contribution is 0.478. The molecular formula is C9H18N2. The van der Waals surface area contributed by atoms with E-state index in [9.17, 15) is 0 Å². The molecule has 0 rings (SSSR count). The Bertz CT molecular complexity index is 166. The summed E-state index contributed by atoms with van der Waals surface area (Å²) in [6.07, 6.45) is 2.97. The lowest BCUT2D eigenvalue weighted by Crippen LogP contribution is -2.13. The van der Waals surface area contributed by atoms with Crippen molar-refractivity contribution in [2.75, 3.05) is 0 Å². The van der Waals surface area contributed by atoms with Crippen LogP contribution in [0, 0.1) is 0 Å². The van der Waals surface area contributed by atoms with E-state index in [0.717, 1.165) is 12.1 Å². The van der Waals surface area contributed by atoms with Crippen molar-refractivity contribution >= 4 is 0 Å². The Morgan fingerprint density at radius 1 is 1.45 bits per heavy atom. The Labute approximate surface area is 69.4 Å². The molecule has 0 spiro atoms. The Kier molecular flexibility index (Phi) is 4.01. The molecule has 11 heavy (non-hydrogen) atoms. The molecule has 0 aromatic rings. The number of rotatable bonds is 3. The minimum Gasteiger partial charge on any atom is -0.183 e. The van der Waals surface area contributed by atoms with E-state index in [1.165, 1.54) is 0 Å². The molecule has 2 nitrogen and oxygen atoms in total. The smallest absolute Gasteiger partial charge is 0.0761 e. The maximum Gasteiger partial charge on any atom is 0.0761 e. The van der Waals surface area contributed by atoms with E-state index in [2.05, 4.69) is 31.0 Å². The summed E-state index contributed by atoms with van der Waals surface area (Å²) in [4.78, 5) is 0. The van der Waals surface area contributed by atoms with Crippen LogP contribution in [0.4, 0.5) is 0 Å². The molecule has 0 heterocycles. The monoisotopic (exact) mass is 154 g/mol. The zero-order valence-corrected chi connectivity index (χ0v) is 8.18. The van der Waals surface area contributed by atoms with Crippen LogP contribution in [0.2, 0.25) is 0 Å². The molecule has 2 heteroatoms. The largest absolute Gasteiger partial charge is 0.183 e. The summed E-state index contributed by atoms with van der Waals surface area (Å²) < 4.78 is 0. The number of azo groups is 1. The van der Waals surface area contributed by atoms with Gasteiger partial charge in [0, 0.05) is 0 Å². The van der Waals surface area contributed by atoms with Gasteiger partial charge in [-0.25, -0.2) is 0 Å².